The van der Waals surface area contributed by atoms with Gasteiger partial charge in [0, 0.05) is 31.9 Å². The van der Waals surface area contributed by atoms with Crippen LogP contribution in [0.15, 0.2) is 48.5 Å². The molecular weight excluding hydrogens is 553 g/mol. The quantitative estimate of drug-likeness (QED) is 0.478. The predicted molar refractivity (Wildman–Crippen MR) is 141 cm³/mol. The number of halogens is 2. The highest BCUT2D eigenvalue weighted by Crippen LogP contribution is 2.23. The standard InChI is InChI=1S/C25H29ClFN5O6S/c1-31-22(24(34)29-18-7-8-20(27)19(26)13-18)14-21(30-39(31,36)37)23(33)28-17-9-11-32(12-10-17)25(35)38-15-16-5-3-2-4-6-16/h2-8,13,17,21-22,30H,9-12,14-15H2,1H3,(H,28,33)(H,29,34). The Morgan fingerprint density at radius 1 is 1.10 bits per heavy atom. The van der Waals surface area contributed by atoms with Crippen molar-refractivity contribution in [2.45, 2.75) is 44.0 Å². The molecule has 4 rings (SSSR count). The number of hydrogen-bond acceptors (Lipinski definition) is 6. The second-order valence-electron chi connectivity index (χ2n) is 9.37. The fourth-order valence-corrected chi connectivity index (χ4v) is 5.83. The summed E-state index contributed by atoms with van der Waals surface area (Å²) < 4.78 is 47.3. The minimum atomic E-state index is -4.14. The van der Waals surface area contributed by atoms with Crippen molar-refractivity contribution in [2.75, 3.05) is 25.5 Å². The van der Waals surface area contributed by atoms with E-state index in [1.165, 1.54) is 19.2 Å². The molecule has 2 heterocycles. The lowest BCUT2D eigenvalue weighted by molar-refractivity contribution is -0.125. The number of carbonyl (C=O) groups excluding carboxylic acids is 3. The lowest BCUT2D eigenvalue weighted by atomic mass is 10.0. The van der Waals surface area contributed by atoms with Crippen molar-refractivity contribution in [3.05, 3.63) is 64.9 Å². The van der Waals surface area contributed by atoms with Gasteiger partial charge in [0.25, 0.3) is 10.2 Å². The molecule has 3 amide bonds. The van der Waals surface area contributed by atoms with Gasteiger partial charge >= 0.3 is 6.09 Å². The molecule has 0 bridgehead atoms. The number of hydrogen-bond donors (Lipinski definition) is 3. The number of nitrogens with zero attached hydrogens (tertiary/aromatic N) is 2. The minimum absolute atomic E-state index is 0.132. The molecule has 2 unspecified atom stereocenters. The molecule has 2 aliphatic heterocycles. The average molecular weight is 582 g/mol. The van der Waals surface area contributed by atoms with Crippen molar-refractivity contribution in [2.24, 2.45) is 0 Å². The zero-order valence-electron chi connectivity index (χ0n) is 21.1. The molecule has 0 spiro atoms. The topological polar surface area (TPSA) is 137 Å². The number of carbonyl (C=O) groups is 3. The Bertz CT molecular complexity index is 1320. The molecule has 11 nitrogen and oxygen atoms in total. The van der Waals surface area contributed by atoms with Crippen LogP contribution in [0.5, 0.6) is 0 Å². The number of likely N-dealkylation sites (tertiary alicyclic amines) is 1. The van der Waals surface area contributed by atoms with Crippen molar-refractivity contribution in [3.63, 3.8) is 0 Å². The molecule has 0 radical (unpaired) electrons. The summed E-state index contributed by atoms with van der Waals surface area (Å²) in [5.41, 5.74) is 1.06. The van der Waals surface area contributed by atoms with E-state index in [2.05, 4.69) is 15.4 Å². The van der Waals surface area contributed by atoms with Crippen LogP contribution in [-0.4, -0.2) is 73.8 Å². The maximum atomic E-state index is 13.4. The molecule has 2 aromatic rings. The highest BCUT2D eigenvalue weighted by atomic mass is 35.5. The molecule has 14 heteroatoms. The average Bonchev–Trinajstić information content (AvgIpc) is 2.91. The molecule has 2 aliphatic rings. The first-order valence-electron chi connectivity index (χ1n) is 12.3. The summed E-state index contributed by atoms with van der Waals surface area (Å²) in [6, 6.07) is 10.2. The van der Waals surface area contributed by atoms with Crippen molar-refractivity contribution in [3.8, 4) is 0 Å². The molecule has 2 aromatic carbocycles. The van der Waals surface area contributed by atoms with Crippen molar-refractivity contribution >= 4 is 45.4 Å². The van der Waals surface area contributed by atoms with Gasteiger partial charge in [-0.1, -0.05) is 41.9 Å². The molecule has 2 saturated heterocycles. The second-order valence-corrected chi connectivity index (χ2v) is 11.5. The van der Waals surface area contributed by atoms with E-state index in [1.54, 1.807) is 4.90 Å². The van der Waals surface area contributed by atoms with Crippen molar-refractivity contribution in [1.29, 1.82) is 0 Å². The summed E-state index contributed by atoms with van der Waals surface area (Å²) >= 11 is 5.76. The van der Waals surface area contributed by atoms with Gasteiger partial charge in [-0.3, -0.25) is 9.59 Å². The largest absolute Gasteiger partial charge is 0.445 e. The van der Waals surface area contributed by atoms with E-state index in [1.807, 2.05) is 30.3 Å². The van der Waals surface area contributed by atoms with Gasteiger partial charge < -0.3 is 20.3 Å². The maximum absolute atomic E-state index is 13.4. The first-order valence-corrected chi connectivity index (χ1v) is 14.1. The van der Waals surface area contributed by atoms with E-state index in [-0.39, 0.29) is 29.8 Å². The van der Waals surface area contributed by atoms with Crippen LogP contribution in [0.4, 0.5) is 14.9 Å². The Labute approximate surface area is 230 Å². The molecule has 0 saturated carbocycles. The third-order valence-corrected chi connectivity index (χ3v) is 8.56. The third-order valence-electron chi connectivity index (χ3n) is 6.68. The van der Waals surface area contributed by atoms with Gasteiger partial charge in [-0.25, -0.2) is 9.18 Å². The number of ether oxygens (including phenoxy) is 1. The Kier molecular flexibility index (Phi) is 9.05. The SMILES string of the molecule is CN1C(C(=O)Nc2ccc(F)c(Cl)c2)CC(C(=O)NC2CCN(C(=O)OCc3ccccc3)CC2)NS1(=O)=O. The Hall–Kier alpha value is -3.26. The van der Waals surface area contributed by atoms with Crippen LogP contribution >= 0.6 is 11.6 Å². The lowest BCUT2D eigenvalue weighted by Crippen LogP contribution is -2.63. The van der Waals surface area contributed by atoms with Crippen molar-refractivity contribution < 1.29 is 31.9 Å². The number of nitrogens with one attached hydrogen (secondary N) is 3. The fourth-order valence-electron chi connectivity index (χ4n) is 4.40. The van der Waals surface area contributed by atoms with E-state index in [0.29, 0.717) is 25.9 Å². The summed E-state index contributed by atoms with van der Waals surface area (Å²) in [6.45, 7) is 0.890. The molecule has 0 aliphatic carbocycles. The lowest BCUT2D eigenvalue weighted by Gasteiger charge is -2.37. The van der Waals surface area contributed by atoms with Gasteiger partial charge in [0.2, 0.25) is 11.8 Å². The van der Waals surface area contributed by atoms with Gasteiger partial charge in [-0.05, 0) is 43.0 Å². The summed E-state index contributed by atoms with van der Waals surface area (Å²) in [5.74, 6) is -1.92. The van der Waals surface area contributed by atoms with Crippen LogP contribution in [0, 0.1) is 5.82 Å². The van der Waals surface area contributed by atoms with Crippen LogP contribution in [0.2, 0.25) is 5.02 Å². The molecule has 3 N–H and O–H groups in total. The number of rotatable bonds is 6. The van der Waals surface area contributed by atoms with Gasteiger partial charge in [0.05, 0.1) is 5.02 Å². The predicted octanol–water partition coefficient (Wildman–Crippen LogP) is 2.24. The number of benzene rings is 2. The zero-order chi connectivity index (χ0) is 28.2. The Morgan fingerprint density at radius 3 is 2.46 bits per heavy atom. The molecule has 0 aromatic heterocycles. The van der Waals surface area contributed by atoms with E-state index >= 15 is 0 Å². The van der Waals surface area contributed by atoms with E-state index in [4.69, 9.17) is 16.3 Å². The Morgan fingerprint density at radius 2 is 1.79 bits per heavy atom. The monoisotopic (exact) mass is 581 g/mol. The first-order chi connectivity index (χ1) is 18.5. The number of amides is 3. The van der Waals surface area contributed by atoms with Crippen LogP contribution in [0.25, 0.3) is 0 Å². The van der Waals surface area contributed by atoms with Crippen LogP contribution in [0.3, 0.4) is 0 Å². The number of piperidine rings is 1. The summed E-state index contributed by atoms with van der Waals surface area (Å²) in [6.07, 6.45) is 0.345. The van der Waals surface area contributed by atoms with Crippen LogP contribution < -0.4 is 15.4 Å². The van der Waals surface area contributed by atoms with Crippen molar-refractivity contribution in [1.82, 2.24) is 19.2 Å². The molecule has 39 heavy (non-hydrogen) atoms. The normalized spacial score (nSPS) is 21.7. The van der Waals surface area contributed by atoms with Gasteiger partial charge in [0.1, 0.15) is 24.5 Å². The maximum Gasteiger partial charge on any atom is 0.410 e. The summed E-state index contributed by atoms with van der Waals surface area (Å²) in [5, 5.41) is 5.15. The van der Waals surface area contributed by atoms with Crippen LogP contribution in [-0.2, 0) is 31.1 Å². The van der Waals surface area contributed by atoms with E-state index in [0.717, 1.165) is 15.9 Å². The highest BCUT2D eigenvalue weighted by molar-refractivity contribution is 7.87. The van der Waals surface area contributed by atoms with Gasteiger partial charge in [-0.15, -0.1) is 0 Å². The second kappa shape index (κ2) is 12.3. The summed E-state index contributed by atoms with van der Waals surface area (Å²) in [7, 11) is -2.91. The van der Waals surface area contributed by atoms with E-state index in [9.17, 15) is 27.2 Å². The molecular formula is C25H29ClFN5O6S. The molecule has 2 atom stereocenters. The zero-order valence-corrected chi connectivity index (χ0v) is 22.7. The number of anilines is 1. The first kappa shape index (κ1) is 28.7. The van der Waals surface area contributed by atoms with E-state index < -0.39 is 46.0 Å². The third kappa shape index (κ3) is 7.24. The Balaban J connectivity index is 1.30. The molecule has 2 fully saturated rings. The fraction of sp³-hybridized carbons (Fsp3) is 0.400. The van der Waals surface area contributed by atoms with Gasteiger partial charge in [0.15, 0.2) is 0 Å². The molecule has 210 valence electrons. The summed E-state index contributed by atoms with van der Waals surface area (Å²) in [4.78, 5) is 39.8. The minimum Gasteiger partial charge on any atom is -0.445 e. The van der Waals surface area contributed by atoms with Crippen LogP contribution in [0.1, 0.15) is 24.8 Å². The van der Waals surface area contributed by atoms with Gasteiger partial charge in [-0.2, -0.15) is 17.4 Å². The highest BCUT2D eigenvalue weighted by Gasteiger charge is 2.43. The number of likely N-dealkylation sites (N-methyl/N-ethyl adjacent to an activating group) is 1. The smallest absolute Gasteiger partial charge is 0.410 e.